The highest BCUT2D eigenvalue weighted by Gasteiger charge is 2.11. The molecule has 0 fully saturated rings. The van der Waals surface area contributed by atoms with Gasteiger partial charge in [-0.25, -0.2) is 4.98 Å². The monoisotopic (exact) mass is 311 g/mol. The van der Waals surface area contributed by atoms with Crippen LogP contribution >= 0.6 is 11.3 Å². The number of aromatic nitrogens is 2. The number of nitrogens with zero attached hydrogens (tertiary/aromatic N) is 2. The number of hydrogen-bond acceptors (Lipinski definition) is 4. The van der Waals surface area contributed by atoms with E-state index in [0.717, 1.165) is 5.56 Å². The van der Waals surface area contributed by atoms with Crippen LogP contribution in [0.15, 0.2) is 64.3 Å². The van der Waals surface area contributed by atoms with Gasteiger partial charge in [-0.05, 0) is 17.7 Å². The van der Waals surface area contributed by atoms with Gasteiger partial charge < -0.3 is 9.88 Å². The molecule has 5 nitrogen and oxygen atoms in total. The third kappa shape index (κ3) is 3.12. The first-order valence-electron chi connectivity index (χ1n) is 6.67. The number of hydrogen-bond donors (Lipinski definition) is 1. The maximum absolute atomic E-state index is 12.4. The summed E-state index contributed by atoms with van der Waals surface area (Å²) in [5.41, 5.74) is 2.91. The molecule has 1 aromatic carbocycles. The van der Waals surface area contributed by atoms with Crippen LogP contribution < -0.4 is 10.9 Å². The number of anilines is 1. The van der Waals surface area contributed by atoms with E-state index < -0.39 is 0 Å². The van der Waals surface area contributed by atoms with Crippen molar-refractivity contribution in [2.24, 2.45) is 0 Å². The number of rotatable bonds is 4. The summed E-state index contributed by atoms with van der Waals surface area (Å²) in [5.74, 6) is -0.379. The van der Waals surface area contributed by atoms with Crippen LogP contribution in [-0.4, -0.2) is 15.5 Å². The van der Waals surface area contributed by atoms with Crippen LogP contribution in [-0.2, 0) is 6.54 Å². The average molecular weight is 311 g/mol. The molecule has 6 heteroatoms. The summed E-state index contributed by atoms with van der Waals surface area (Å²) in [5, 5.41) is 4.25. The van der Waals surface area contributed by atoms with Gasteiger partial charge in [-0.3, -0.25) is 9.59 Å². The van der Waals surface area contributed by atoms with Crippen molar-refractivity contribution in [2.45, 2.75) is 6.54 Å². The van der Waals surface area contributed by atoms with Gasteiger partial charge in [-0.15, -0.1) is 11.3 Å². The van der Waals surface area contributed by atoms with Crippen molar-refractivity contribution in [3.63, 3.8) is 0 Å². The van der Waals surface area contributed by atoms with Gasteiger partial charge in [0.15, 0.2) is 0 Å². The number of nitrogens with one attached hydrogen (secondary N) is 1. The van der Waals surface area contributed by atoms with Gasteiger partial charge in [0.2, 0.25) is 0 Å². The Hall–Kier alpha value is -2.73. The van der Waals surface area contributed by atoms with Gasteiger partial charge in [0, 0.05) is 11.6 Å². The van der Waals surface area contributed by atoms with E-state index in [4.69, 9.17) is 0 Å². The third-order valence-corrected chi connectivity index (χ3v) is 3.72. The first kappa shape index (κ1) is 14.2. The molecular formula is C16H13N3O2S. The molecule has 0 unspecified atom stereocenters. The highest BCUT2D eigenvalue weighted by Crippen LogP contribution is 2.07. The Morgan fingerprint density at radius 1 is 1.18 bits per heavy atom. The Kier molecular flexibility index (Phi) is 4.11. The molecule has 2 aromatic heterocycles. The largest absolute Gasteiger partial charge is 0.316 e. The normalized spacial score (nSPS) is 10.4. The summed E-state index contributed by atoms with van der Waals surface area (Å²) < 4.78 is 1.56. The summed E-state index contributed by atoms with van der Waals surface area (Å²) in [7, 11) is 0. The van der Waals surface area contributed by atoms with Gasteiger partial charge in [0.25, 0.3) is 11.5 Å². The molecule has 0 aliphatic rings. The fourth-order valence-electron chi connectivity index (χ4n) is 2.05. The zero-order valence-corrected chi connectivity index (χ0v) is 12.4. The molecule has 0 bridgehead atoms. The second-order valence-electron chi connectivity index (χ2n) is 4.67. The van der Waals surface area contributed by atoms with Crippen LogP contribution in [0.1, 0.15) is 16.1 Å². The Bertz CT molecular complexity index is 826. The number of pyridine rings is 1. The number of benzene rings is 1. The molecular weight excluding hydrogens is 298 g/mol. The molecule has 0 atom stereocenters. The summed E-state index contributed by atoms with van der Waals surface area (Å²) in [4.78, 5) is 28.3. The van der Waals surface area contributed by atoms with Crippen molar-refractivity contribution >= 4 is 22.9 Å². The smallest absolute Gasteiger partial charge is 0.275 e. The summed E-state index contributed by atoms with van der Waals surface area (Å²) in [6, 6.07) is 13.0. The molecule has 0 saturated carbocycles. The van der Waals surface area contributed by atoms with E-state index in [0.29, 0.717) is 12.2 Å². The van der Waals surface area contributed by atoms with Gasteiger partial charge in [-0.1, -0.05) is 30.3 Å². The van der Waals surface area contributed by atoms with Crippen molar-refractivity contribution in [3.8, 4) is 0 Å². The topological polar surface area (TPSA) is 64.0 Å². The molecule has 3 aromatic rings. The number of carbonyl (C=O) groups excluding carboxylic acids is 1. The van der Waals surface area contributed by atoms with Crippen molar-refractivity contribution < 1.29 is 4.79 Å². The molecule has 0 aliphatic carbocycles. The molecule has 3 rings (SSSR count). The lowest BCUT2D eigenvalue weighted by atomic mass is 10.2. The van der Waals surface area contributed by atoms with E-state index in [1.807, 2.05) is 30.3 Å². The van der Waals surface area contributed by atoms with Crippen molar-refractivity contribution in [2.75, 3.05) is 5.32 Å². The molecule has 0 radical (unpaired) electrons. The Morgan fingerprint density at radius 3 is 2.73 bits per heavy atom. The zero-order valence-electron chi connectivity index (χ0n) is 11.6. The van der Waals surface area contributed by atoms with Gasteiger partial charge in [-0.2, -0.15) is 0 Å². The Morgan fingerprint density at radius 2 is 2.00 bits per heavy atom. The van der Waals surface area contributed by atoms with Crippen molar-refractivity contribution in [3.05, 3.63) is 81.2 Å². The van der Waals surface area contributed by atoms with E-state index >= 15 is 0 Å². The third-order valence-electron chi connectivity index (χ3n) is 3.13. The SMILES string of the molecule is O=C(Nc1cccn(Cc2ccccc2)c1=O)c1cscn1. The van der Waals surface area contributed by atoms with Gasteiger partial charge in [0.1, 0.15) is 11.4 Å². The second-order valence-corrected chi connectivity index (χ2v) is 5.39. The summed E-state index contributed by atoms with van der Waals surface area (Å²) >= 11 is 1.33. The van der Waals surface area contributed by atoms with Crippen LogP contribution in [0.2, 0.25) is 0 Å². The maximum atomic E-state index is 12.4. The van der Waals surface area contributed by atoms with Crippen LogP contribution in [0.5, 0.6) is 0 Å². The predicted octanol–water partition coefficient (Wildman–Crippen LogP) is 2.61. The molecule has 110 valence electrons. The predicted molar refractivity (Wildman–Crippen MR) is 86.3 cm³/mol. The first-order chi connectivity index (χ1) is 10.7. The van der Waals surface area contributed by atoms with Crippen molar-refractivity contribution in [1.29, 1.82) is 0 Å². The van der Waals surface area contributed by atoms with Crippen LogP contribution in [0.25, 0.3) is 0 Å². The lowest BCUT2D eigenvalue weighted by Crippen LogP contribution is -2.25. The fraction of sp³-hybridized carbons (Fsp3) is 0.0625. The van der Waals surface area contributed by atoms with Gasteiger partial charge >= 0.3 is 0 Å². The Labute approximate surface area is 130 Å². The first-order valence-corrected chi connectivity index (χ1v) is 7.61. The van der Waals surface area contributed by atoms with E-state index in [1.54, 1.807) is 33.8 Å². The van der Waals surface area contributed by atoms with Crippen LogP contribution in [0.4, 0.5) is 5.69 Å². The average Bonchev–Trinajstić information content (AvgIpc) is 3.07. The van der Waals surface area contributed by atoms with E-state index in [1.165, 1.54) is 11.3 Å². The molecule has 1 N–H and O–H groups in total. The molecule has 1 amide bonds. The maximum Gasteiger partial charge on any atom is 0.275 e. The summed E-state index contributed by atoms with van der Waals surface area (Å²) in [6.07, 6.45) is 1.70. The summed E-state index contributed by atoms with van der Waals surface area (Å²) in [6.45, 7) is 0.458. The zero-order chi connectivity index (χ0) is 15.4. The highest BCUT2D eigenvalue weighted by atomic mass is 32.1. The molecule has 2 heterocycles. The van der Waals surface area contributed by atoms with E-state index in [9.17, 15) is 9.59 Å². The van der Waals surface area contributed by atoms with Crippen molar-refractivity contribution in [1.82, 2.24) is 9.55 Å². The highest BCUT2D eigenvalue weighted by molar-refractivity contribution is 7.07. The molecule has 22 heavy (non-hydrogen) atoms. The minimum atomic E-state index is -0.379. The van der Waals surface area contributed by atoms with Gasteiger partial charge in [0.05, 0.1) is 12.1 Å². The second kappa shape index (κ2) is 6.36. The van der Waals surface area contributed by atoms with Crippen LogP contribution in [0.3, 0.4) is 0 Å². The van der Waals surface area contributed by atoms with Crippen LogP contribution in [0, 0.1) is 0 Å². The number of amides is 1. The van der Waals surface area contributed by atoms with E-state index in [-0.39, 0.29) is 17.2 Å². The fourth-order valence-corrected chi connectivity index (χ4v) is 2.58. The minimum Gasteiger partial charge on any atom is -0.316 e. The molecule has 0 saturated heterocycles. The lowest BCUT2D eigenvalue weighted by Gasteiger charge is -2.08. The van der Waals surface area contributed by atoms with E-state index in [2.05, 4.69) is 10.3 Å². The quantitative estimate of drug-likeness (QED) is 0.805. The minimum absolute atomic E-state index is 0.241. The molecule has 0 aliphatic heterocycles. The standard InChI is InChI=1S/C16H13N3O2S/c20-15(14-10-22-11-17-14)18-13-7-4-8-19(16(13)21)9-12-5-2-1-3-6-12/h1-8,10-11H,9H2,(H,18,20). The number of thiazole rings is 1. The Balaban J connectivity index is 1.83. The number of carbonyl (C=O) groups is 1. The molecule has 0 spiro atoms. The lowest BCUT2D eigenvalue weighted by molar-refractivity contribution is 0.102.